The molecule has 68 valence electrons. The molecule has 0 aromatic heterocycles. The van der Waals surface area contributed by atoms with E-state index in [0.717, 1.165) is 0 Å². The summed E-state index contributed by atoms with van der Waals surface area (Å²) in [5, 5.41) is 8.14. The fourth-order valence-corrected chi connectivity index (χ4v) is 0.589. The monoisotopic (exact) mass is 172 g/mol. The zero-order valence-corrected chi connectivity index (χ0v) is 6.56. The number of para-hydroxylation sites is 1. The topological polar surface area (TPSA) is 117 Å². The molecule has 1 aromatic rings. The largest absolute Gasteiger partial charge is 0.511 e. The Balaban J connectivity index is 0. The fraction of sp³-hybridized carbons (Fsp3) is 0. The molecule has 0 unspecified atom stereocenters. The second kappa shape index (κ2) is 6.14. The van der Waals surface area contributed by atoms with Gasteiger partial charge >= 0.3 is 6.16 Å². The van der Waals surface area contributed by atoms with Crippen molar-refractivity contribution in [3.63, 3.8) is 0 Å². The molecule has 5 heteroatoms. The molecule has 5 nitrogen and oxygen atoms in total. The van der Waals surface area contributed by atoms with Crippen LogP contribution in [0.4, 0.5) is 4.79 Å². The number of ether oxygens (including phenoxy) is 1. The summed E-state index contributed by atoms with van der Waals surface area (Å²) in [4.78, 5) is 9.95. The zero-order valence-electron chi connectivity index (χ0n) is 6.56. The molecule has 0 fully saturated rings. The predicted octanol–water partition coefficient (Wildman–Crippen LogP) is 2.07. The highest BCUT2D eigenvalue weighted by Crippen LogP contribution is 2.07. The molecule has 0 saturated carbocycles. The minimum atomic E-state index is -1.29. The summed E-state index contributed by atoms with van der Waals surface area (Å²) in [7, 11) is 0. The first kappa shape index (κ1) is 13.0. The number of carboxylic acid groups (broad SMARTS) is 1. The van der Waals surface area contributed by atoms with Crippen molar-refractivity contribution in [3.05, 3.63) is 30.3 Å². The van der Waals surface area contributed by atoms with Gasteiger partial charge in [-0.1, -0.05) is 18.2 Å². The maximum Gasteiger partial charge on any atom is 0.511 e. The molecule has 0 heterocycles. The fourth-order valence-electron chi connectivity index (χ4n) is 0.589. The molecule has 0 spiro atoms. The van der Waals surface area contributed by atoms with Crippen LogP contribution in [0.15, 0.2) is 30.3 Å². The Morgan fingerprint density at radius 2 is 1.67 bits per heavy atom. The number of hydrogen-bond donors (Lipinski definition) is 3. The highest BCUT2D eigenvalue weighted by Gasteiger charge is 1.96. The number of hydrogen-bond acceptors (Lipinski definition) is 4. The van der Waals surface area contributed by atoms with Gasteiger partial charge in [-0.05, 0) is 12.1 Å². The maximum atomic E-state index is 9.95. The maximum absolute atomic E-state index is 9.95. The lowest BCUT2D eigenvalue weighted by Crippen LogP contribution is -2.02. The Labute approximate surface area is 70.1 Å². The highest BCUT2D eigenvalue weighted by molar-refractivity contribution is 5.60. The van der Waals surface area contributed by atoms with Crippen LogP contribution in [0.5, 0.6) is 5.75 Å². The van der Waals surface area contributed by atoms with E-state index in [-0.39, 0.29) is 12.3 Å². The van der Waals surface area contributed by atoms with Crippen molar-refractivity contribution >= 4 is 6.16 Å². The summed E-state index contributed by atoms with van der Waals surface area (Å²) in [6, 6.07) is 8.35. The lowest BCUT2D eigenvalue weighted by atomic mass is 10.3. The second-order valence-electron chi connectivity index (χ2n) is 1.68. The van der Waals surface area contributed by atoms with Crippen molar-refractivity contribution in [3.8, 4) is 5.75 Å². The standard InChI is InChI=1S/C7H6O3.2H3N/c8-7(9)10-6-4-2-1-3-5-6;;/h1-5H,(H,8,9);2*1H3. The Hall–Kier alpha value is -1.59. The van der Waals surface area contributed by atoms with Crippen molar-refractivity contribution in [2.45, 2.75) is 0 Å². The Kier molecular flexibility index (Phi) is 6.67. The zero-order chi connectivity index (χ0) is 7.40. The summed E-state index contributed by atoms with van der Waals surface area (Å²) < 4.78 is 4.33. The highest BCUT2D eigenvalue weighted by atomic mass is 16.7. The third kappa shape index (κ3) is 4.26. The first-order valence-electron chi connectivity index (χ1n) is 2.75. The van der Waals surface area contributed by atoms with Crippen LogP contribution in [0.2, 0.25) is 0 Å². The molecule has 12 heavy (non-hydrogen) atoms. The van der Waals surface area contributed by atoms with Gasteiger partial charge in [-0.25, -0.2) is 4.79 Å². The van der Waals surface area contributed by atoms with Crippen molar-refractivity contribution in [2.75, 3.05) is 0 Å². The van der Waals surface area contributed by atoms with Crippen LogP contribution in [0.3, 0.4) is 0 Å². The first-order valence-corrected chi connectivity index (χ1v) is 2.75. The minimum absolute atomic E-state index is 0. The van der Waals surface area contributed by atoms with Crippen molar-refractivity contribution < 1.29 is 14.6 Å². The third-order valence-electron chi connectivity index (χ3n) is 0.948. The molecule has 0 aliphatic rings. The summed E-state index contributed by atoms with van der Waals surface area (Å²) >= 11 is 0. The molecular formula is C7H12N2O3. The third-order valence-corrected chi connectivity index (χ3v) is 0.948. The van der Waals surface area contributed by atoms with Gasteiger partial charge in [-0.2, -0.15) is 0 Å². The van der Waals surface area contributed by atoms with E-state index in [4.69, 9.17) is 5.11 Å². The van der Waals surface area contributed by atoms with Gasteiger partial charge in [0, 0.05) is 0 Å². The number of rotatable bonds is 1. The van der Waals surface area contributed by atoms with Gasteiger partial charge in [0.25, 0.3) is 0 Å². The van der Waals surface area contributed by atoms with E-state index in [9.17, 15) is 4.79 Å². The van der Waals surface area contributed by atoms with Gasteiger partial charge in [0.05, 0.1) is 0 Å². The smallest absolute Gasteiger partial charge is 0.449 e. The molecule has 0 aliphatic carbocycles. The van der Waals surface area contributed by atoms with Gasteiger partial charge < -0.3 is 22.1 Å². The summed E-state index contributed by atoms with van der Waals surface area (Å²) in [6.07, 6.45) is -1.29. The van der Waals surface area contributed by atoms with Gasteiger partial charge in [0.2, 0.25) is 0 Å². The van der Waals surface area contributed by atoms with E-state index in [2.05, 4.69) is 4.74 Å². The van der Waals surface area contributed by atoms with Crippen LogP contribution < -0.4 is 17.0 Å². The van der Waals surface area contributed by atoms with Crippen LogP contribution in [-0.4, -0.2) is 11.3 Å². The quantitative estimate of drug-likeness (QED) is 0.442. The molecule has 0 amide bonds. The van der Waals surface area contributed by atoms with E-state index in [1.807, 2.05) is 0 Å². The van der Waals surface area contributed by atoms with Crippen molar-refractivity contribution in [2.24, 2.45) is 0 Å². The van der Waals surface area contributed by atoms with Crippen molar-refractivity contribution in [1.82, 2.24) is 12.3 Å². The van der Waals surface area contributed by atoms with E-state index >= 15 is 0 Å². The van der Waals surface area contributed by atoms with E-state index < -0.39 is 6.16 Å². The lowest BCUT2D eigenvalue weighted by Gasteiger charge is -1.95. The minimum Gasteiger partial charge on any atom is -0.449 e. The van der Waals surface area contributed by atoms with Gasteiger partial charge in [0.1, 0.15) is 5.75 Å². The molecule has 1 aromatic carbocycles. The lowest BCUT2D eigenvalue weighted by molar-refractivity contribution is 0.144. The predicted molar refractivity (Wildman–Crippen MR) is 45.1 cm³/mol. The summed E-state index contributed by atoms with van der Waals surface area (Å²) in [5.74, 6) is 0.343. The van der Waals surface area contributed by atoms with Gasteiger partial charge in [-0.15, -0.1) is 0 Å². The average molecular weight is 172 g/mol. The molecule has 7 N–H and O–H groups in total. The molecule has 1 rings (SSSR count). The van der Waals surface area contributed by atoms with Gasteiger partial charge in [-0.3, -0.25) is 0 Å². The van der Waals surface area contributed by atoms with Crippen LogP contribution >= 0.6 is 0 Å². The molecule has 0 bridgehead atoms. The molecule has 0 radical (unpaired) electrons. The van der Waals surface area contributed by atoms with E-state index in [1.54, 1.807) is 30.3 Å². The molecule has 0 saturated heterocycles. The normalized spacial score (nSPS) is 7.33. The summed E-state index contributed by atoms with van der Waals surface area (Å²) in [5.41, 5.74) is 0. The van der Waals surface area contributed by atoms with Crippen LogP contribution in [0, 0.1) is 0 Å². The van der Waals surface area contributed by atoms with Crippen LogP contribution in [0.1, 0.15) is 0 Å². The number of benzene rings is 1. The van der Waals surface area contributed by atoms with Crippen LogP contribution in [0.25, 0.3) is 0 Å². The van der Waals surface area contributed by atoms with E-state index in [0.29, 0.717) is 5.75 Å². The Morgan fingerprint density at radius 1 is 1.17 bits per heavy atom. The molecule has 0 aliphatic heterocycles. The van der Waals surface area contributed by atoms with E-state index in [1.165, 1.54) is 0 Å². The van der Waals surface area contributed by atoms with Gasteiger partial charge in [0.15, 0.2) is 0 Å². The SMILES string of the molecule is N.N.O=C(O)Oc1ccccc1. The molecular weight excluding hydrogens is 160 g/mol. The second-order valence-corrected chi connectivity index (χ2v) is 1.68. The van der Waals surface area contributed by atoms with Crippen molar-refractivity contribution in [1.29, 1.82) is 0 Å². The molecule has 0 atom stereocenters. The van der Waals surface area contributed by atoms with Crippen LogP contribution in [-0.2, 0) is 0 Å². The average Bonchev–Trinajstić information content (AvgIpc) is 1.88. The number of carbonyl (C=O) groups is 1. The summed E-state index contributed by atoms with van der Waals surface area (Å²) in [6.45, 7) is 0. The Morgan fingerprint density at radius 3 is 2.08 bits per heavy atom. The first-order chi connectivity index (χ1) is 4.79. The Bertz CT molecular complexity index is 225.